The Balaban J connectivity index is 1.96. The quantitative estimate of drug-likeness (QED) is 0.584. The monoisotopic (exact) mass is 479 g/mol. The first kappa shape index (κ1) is 25.0. The number of hydrogen-bond donors (Lipinski definition) is 1. The zero-order valence-electron chi connectivity index (χ0n) is 19.3. The van der Waals surface area contributed by atoms with Gasteiger partial charge in [-0.3, -0.25) is 4.18 Å². The van der Waals surface area contributed by atoms with E-state index in [0.717, 1.165) is 10.4 Å². The van der Waals surface area contributed by atoms with E-state index in [2.05, 4.69) is 45.0 Å². The van der Waals surface area contributed by atoms with Crippen molar-refractivity contribution >= 4 is 29.0 Å². The smallest absolute Gasteiger partial charge is 0.333 e. The van der Waals surface area contributed by atoms with Crippen molar-refractivity contribution in [2.75, 3.05) is 13.2 Å². The van der Waals surface area contributed by atoms with Crippen LogP contribution in [0.3, 0.4) is 0 Å². The van der Waals surface area contributed by atoms with E-state index in [0.29, 0.717) is 0 Å². The van der Waals surface area contributed by atoms with Crippen molar-refractivity contribution in [1.82, 2.24) is 0 Å². The number of benzene rings is 2. The Bertz CT molecular complexity index is 953. The second-order valence-electron chi connectivity index (χ2n) is 9.46. The first-order chi connectivity index (χ1) is 14.8. The summed E-state index contributed by atoms with van der Waals surface area (Å²) in [5, 5.41) is 7.11. The van der Waals surface area contributed by atoms with E-state index in [1.54, 1.807) is 13.8 Å². The van der Waals surface area contributed by atoms with E-state index in [1.165, 1.54) is 0 Å². The Morgan fingerprint density at radius 2 is 1.34 bits per heavy atom. The van der Waals surface area contributed by atoms with Gasteiger partial charge >= 0.3 is 10.3 Å². The summed E-state index contributed by atoms with van der Waals surface area (Å²) in [6.07, 6.45) is -1.16. The average molecular weight is 480 g/mol. The molecule has 0 amide bonds. The fourth-order valence-corrected chi connectivity index (χ4v) is 9.22. The van der Waals surface area contributed by atoms with E-state index in [1.807, 2.05) is 36.4 Å². The first-order valence-electron chi connectivity index (χ1n) is 10.6. The summed E-state index contributed by atoms with van der Waals surface area (Å²) in [7, 11) is -6.86. The molecule has 3 rings (SSSR count). The van der Waals surface area contributed by atoms with Crippen LogP contribution in [0.5, 0.6) is 0 Å². The number of hydrogen-bond acceptors (Lipinski definition) is 6. The van der Waals surface area contributed by atoms with Gasteiger partial charge < -0.3 is 13.9 Å². The molecule has 0 radical (unpaired) electrons. The molecule has 1 fully saturated rings. The average Bonchev–Trinajstić information content (AvgIpc) is 3.01. The molecule has 1 heterocycles. The second-order valence-corrected chi connectivity index (χ2v) is 15.0. The molecule has 2 aromatic rings. The highest BCUT2D eigenvalue weighted by atomic mass is 32.2. The summed E-state index contributed by atoms with van der Waals surface area (Å²) in [6, 6.07) is 20.5. The third-order valence-electron chi connectivity index (χ3n) is 5.56. The lowest BCUT2D eigenvalue weighted by Crippen LogP contribution is -2.67. The van der Waals surface area contributed by atoms with Gasteiger partial charge in [-0.25, -0.2) is 5.14 Å². The van der Waals surface area contributed by atoms with Gasteiger partial charge in [-0.1, -0.05) is 81.4 Å². The molecule has 0 aliphatic carbocycles. The topological polar surface area (TPSA) is 97.1 Å². The van der Waals surface area contributed by atoms with Crippen LogP contribution >= 0.6 is 0 Å². The minimum absolute atomic E-state index is 0.197. The van der Waals surface area contributed by atoms with Crippen LogP contribution in [0.15, 0.2) is 60.7 Å². The van der Waals surface area contributed by atoms with Crippen molar-refractivity contribution < 1.29 is 26.5 Å². The summed E-state index contributed by atoms with van der Waals surface area (Å²) in [5.74, 6) is -0.897. The Morgan fingerprint density at radius 1 is 0.906 bits per heavy atom. The molecule has 32 heavy (non-hydrogen) atoms. The van der Waals surface area contributed by atoms with Crippen molar-refractivity contribution in [1.29, 1.82) is 0 Å². The van der Waals surface area contributed by atoms with E-state index >= 15 is 0 Å². The lowest BCUT2D eigenvalue weighted by Gasteiger charge is -2.43. The minimum Gasteiger partial charge on any atom is -0.405 e. The predicted molar refractivity (Wildman–Crippen MR) is 126 cm³/mol. The summed E-state index contributed by atoms with van der Waals surface area (Å²) in [5.41, 5.74) is 0. The van der Waals surface area contributed by atoms with Crippen LogP contribution < -0.4 is 15.5 Å². The molecule has 176 valence electrons. The molecular weight excluding hydrogens is 446 g/mol. The minimum atomic E-state index is -4.09. The van der Waals surface area contributed by atoms with Crippen molar-refractivity contribution in [2.45, 2.75) is 57.7 Å². The molecule has 1 aliphatic heterocycles. The van der Waals surface area contributed by atoms with Crippen LogP contribution in [0.1, 0.15) is 34.6 Å². The molecule has 0 saturated carbocycles. The predicted octanol–water partition coefficient (Wildman–Crippen LogP) is 2.30. The summed E-state index contributed by atoms with van der Waals surface area (Å²) in [6.45, 7) is 10.1. The van der Waals surface area contributed by atoms with Gasteiger partial charge in [0, 0.05) is 0 Å². The Kier molecular flexibility index (Phi) is 7.31. The maximum atomic E-state index is 11.3. The number of rotatable bonds is 8. The SMILES string of the molecule is CC1(C)O[C@@H](CO[Si](c2ccccc2)(c2ccccc2)C(C)(C)C)[C@H](COS(N)(=O)=O)O1. The highest BCUT2D eigenvalue weighted by Gasteiger charge is 2.52. The molecule has 7 nitrogen and oxygen atoms in total. The van der Waals surface area contributed by atoms with E-state index in [9.17, 15) is 8.42 Å². The Labute approximate surface area is 192 Å². The van der Waals surface area contributed by atoms with Gasteiger partial charge in [0.15, 0.2) is 5.79 Å². The van der Waals surface area contributed by atoms with Crippen molar-refractivity contribution in [3.63, 3.8) is 0 Å². The summed E-state index contributed by atoms with van der Waals surface area (Å²) < 4.78 is 46.3. The summed E-state index contributed by atoms with van der Waals surface area (Å²) >= 11 is 0. The molecular formula is C23H33NO6SSi. The van der Waals surface area contributed by atoms with Crippen LogP contribution in [-0.4, -0.2) is 47.9 Å². The molecule has 0 bridgehead atoms. The van der Waals surface area contributed by atoms with Crippen LogP contribution in [0, 0.1) is 0 Å². The van der Waals surface area contributed by atoms with Crippen LogP contribution in [0.25, 0.3) is 0 Å². The first-order valence-corrected chi connectivity index (χ1v) is 14.0. The summed E-state index contributed by atoms with van der Waals surface area (Å²) in [4.78, 5) is 0. The van der Waals surface area contributed by atoms with Crippen LogP contribution in [0.2, 0.25) is 5.04 Å². The lowest BCUT2D eigenvalue weighted by atomic mass is 10.2. The largest absolute Gasteiger partial charge is 0.405 e. The third kappa shape index (κ3) is 5.66. The van der Waals surface area contributed by atoms with Gasteiger partial charge in [0.05, 0.1) is 13.2 Å². The maximum Gasteiger partial charge on any atom is 0.333 e. The van der Waals surface area contributed by atoms with E-state index < -0.39 is 36.6 Å². The number of nitrogens with two attached hydrogens (primary N) is 1. The molecule has 0 aromatic heterocycles. The molecule has 2 atom stereocenters. The Morgan fingerprint density at radius 3 is 1.75 bits per heavy atom. The second kappa shape index (κ2) is 9.34. The maximum absolute atomic E-state index is 11.3. The normalized spacial score (nSPS) is 21.6. The van der Waals surface area contributed by atoms with E-state index in [-0.39, 0.29) is 18.3 Å². The van der Waals surface area contributed by atoms with Gasteiger partial charge in [0.2, 0.25) is 0 Å². The van der Waals surface area contributed by atoms with Gasteiger partial charge in [0.1, 0.15) is 12.2 Å². The van der Waals surface area contributed by atoms with Gasteiger partial charge in [0.25, 0.3) is 8.32 Å². The fraction of sp³-hybridized carbons (Fsp3) is 0.478. The Hall–Kier alpha value is -1.59. The van der Waals surface area contributed by atoms with Crippen molar-refractivity contribution in [3.05, 3.63) is 60.7 Å². The van der Waals surface area contributed by atoms with Gasteiger partial charge in [-0.2, -0.15) is 8.42 Å². The highest BCUT2D eigenvalue weighted by molar-refractivity contribution is 7.84. The fourth-order valence-electron chi connectivity index (χ4n) is 4.32. The lowest BCUT2D eigenvalue weighted by molar-refractivity contribution is -0.150. The van der Waals surface area contributed by atoms with Gasteiger partial charge in [-0.15, -0.1) is 0 Å². The molecule has 0 unspecified atom stereocenters. The molecule has 2 N–H and O–H groups in total. The van der Waals surface area contributed by atoms with Crippen LogP contribution in [-0.2, 0) is 28.4 Å². The molecule has 1 aliphatic rings. The molecule has 9 heteroatoms. The van der Waals surface area contributed by atoms with Crippen LogP contribution in [0.4, 0.5) is 0 Å². The zero-order valence-corrected chi connectivity index (χ0v) is 21.1. The van der Waals surface area contributed by atoms with Gasteiger partial charge in [-0.05, 0) is 29.3 Å². The van der Waals surface area contributed by atoms with Crippen molar-refractivity contribution in [3.8, 4) is 0 Å². The molecule has 0 spiro atoms. The van der Waals surface area contributed by atoms with Crippen molar-refractivity contribution in [2.24, 2.45) is 5.14 Å². The zero-order chi connectivity index (χ0) is 23.6. The third-order valence-corrected chi connectivity index (χ3v) is 11.0. The molecule has 2 aromatic carbocycles. The molecule has 1 saturated heterocycles. The van der Waals surface area contributed by atoms with E-state index in [4.69, 9.17) is 23.2 Å². The number of ether oxygens (including phenoxy) is 2. The highest BCUT2D eigenvalue weighted by Crippen LogP contribution is 2.38. The standard InChI is InChI=1S/C23H33NO6SSi/c1-22(2,3)32(18-12-8-6-9-13-18,19-14-10-7-11-15-19)28-17-21-20(16-27-31(24,25)26)29-23(4,5)30-21/h6-15,20-21H,16-17H2,1-5H3,(H2,24,25,26)/t20-,21-/m0/s1.